The number of amides is 3. The number of nitrogens with one attached hydrogen (secondary N) is 2. The van der Waals surface area contributed by atoms with Crippen LogP contribution in [0, 0.1) is 17.8 Å². The SMILES string of the molecule is CCOc1ccc(NC(=O)[C@H]2[C@H]3C(=O)N([C@@H](CO)C(C)C)C(C(=O)Nc4ccc5ccccc5c4)C34CC[C@]2(C)O4)cc1. The van der Waals surface area contributed by atoms with E-state index in [1.807, 2.05) is 70.2 Å². The van der Waals surface area contributed by atoms with Gasteiger partial charge in [0.05, 0.1) is 36.7 Å². The highest BCUT2D eigenvalue weighted by Crippen LogP contribution is 2.63. The molecule has 3 aromatic carbocycles. The van der Waals surface area contributed by atoms with Crippen molar-refractivity contribution in [2.75, 3.05) is 23.8 Å². The minimum Gasteiger partial charge on any atom is -0.494 e. The number of anilines is 2. The third-order valence-corrected chi connectivity index (χ3v) is 9.51. The van der Waals surface area contributed by atoms with Crippen molar-refractivity contribution in [1.82, 2.24) is 4.90 Å². The van der Waals surface area contributed by atoms with E-state index in [1.54, 1.807) is 24.3 Å². The van der Waals surface area contributed by atoms with E-state index in [9.17, 15) is 19.5 Å². The Morgan fingerprint density at radius 1 is 1.00 bits per heavy atom. The number of hydrogen-bond acceptors (Lipinski definition) is 6. The molecule has 3 heterocycles. The Bertz CT molecular complexity index is 1560. The quantitative estimate of drug-likeness (QED) is 0.338. The molecule has 3 amide bonds. The minimum absolute atomic E-state index is 0.135. The van der Waals surface area contributed by atoms with Gasteiger partial charge in [-0.15, -0.1) is 0 Å². The van der Waals surface area contributed by atoms with Gasteiger partial charge in [-0.3, -0.25) is 14.4 Å². The van der Waals surface area contributed by atoms with Gasteiger partial charge in [-0.2, -0.15) is 0 Å². The average Bonchev–Trinajstić information content (AvgIpc) is 3.55. The van der Waals surface area contributed by atoms with Gasteiger partial charge in [0.15, 0.2) is 0 Å². The predicted octanol–water partition coefficient (Wildman–Crippen LogP) is 4.60. The number of rotatable bonds is 9. The van der Waals surface area contributed by atoms with E-state index < -0.39 is 35.1 Å². The Morgan fingerprint density at radius 3 is 2.35 bits per heavy atom. The first-order valence-corrected chi connectivity index (χ1v) is 15.1. The third-order valence-electron chi connectivity index (χ3n) is 9.51. The Labute approximate surface area is 251 Å². The van der Waals surface area contributed by atoms with Crippen molar-refractivity contribution in [3.8, 4) is 5.75 Å². The van der Waals surface area contributed by atoms with Crippen LogP contribution in [0.2, 0.25) is 0 Å². The molecule has 3 saturated heterocycles. The number of hydrogen-bond donors (Lipinski definition) is 3. The van der Waals surface area contributed by atoms with Crippen LogP contribution in [0.15, 0.2) is 66.7 Å². The number of fused-ring (bicyclic) bond motifs is 2. The lowest BCUT2D eigenvalue weighted by Gasteiger charge is -2.38. The lowest BCUT2D eigenvalue weighted by molar-refractivity contribution is -0.148. The first-order valence-electron chi connectivity index (χ1n) is 15.1. The van der Waals surface area contributed by atoms with E-state index in [2.05, 4.69) is 10.6 Å². The van der Waals surface area contributed by atoms with Crippen molar-refractivity contribution < 1.29 is 29.0 Å². The second-order valence-electron chi connectivity index (χ2n) is 12.5. The molecule has 9 heteroatoms. The lowest BCUT2D eigenvalue weighted by Crippen LogP contribution is -2.57. The summed E-state index contributed by atoms with van der Waals surface area (Å²) in [5.74, 6) is -2.16. The summed E-state index contributed by atoms with van der Waals surface area (Å²) in [5, 5.41) is 18.5. The molecule has 0 aliphatic carbocycles. The fourth-order valence-electron chi connectivity index (χ4n) is 7.54. The van der Waals surface area contributed by atoms with E-state index >= 15 is 0 Å². The molecule has 0 saturated carbocycles. The zero-order valence-corrected chi connectivity index (χ0v) is 25.0. The minimum atomic E-state index is -1.20. The molecule has 3 aliphatic rings. The third kappa shape index (κ3) is 4.75. The summed E-state index contributed by atoms with van der Waals surface area (Å²) in [4.78, 5) is 44.1. The molecule has 6 rings (SSSR count). The number of carbonyl (C=O) groups excluding carboxylic acids is 3. The van der Waals surface area contributed by atoms with Gasteiger partial charge < -0.3 is 30.1 Å². The first kappa shape index (κ1) is 29.1. The molecule has 2 unspecified atom stereocenters. The normalized spacial score (nSPS) is 28.3. The molecule has 0 aromatic heterocycles. The molecule has 3 aliphatic heterocycles. The monoisotopic (exact) mass is 585 g/mol. The summed E-state index contributed by atoms with van der Waals surface area (Å²) < 4.78 is 12.2. The standard InChI is InChI=1S/C34H39N3O6/c1-5-42-25-14-12-23(13-15-25)35-30(39)27-28-32(41)37(26(19-38)20(2)3)29(34(28)17-16-33(27,4)43-34)31(40)36-24-11-10-21-8-6-7-9-22(21)18-24/h6-15,18,20,26-29,38H,5,16-17,19H2,1-4H3,(H,35,39)(H,36,40)/t26-,27+,28-,29?,33-,34?/m0/s1. The molecule has 9 nitrogen and oxygen atoms in total. The number of likely N-dealkylation sites (tertiary alicyclic amines) is 1. The van der Waals surface area contributed by atoms with Crippen LogP contribution in [0.4, 0.5) is 11.4 Å². The van der Waals surface area contributed by atoms with Crippen LogP contribution < -0.4 is 15.4 Å². The van der Waals surface area contributed by atoms with Gasteiger partial charge in [0, 0.05) is 11.4 Å². The van der Waals surface area contributed by atoms with Crippen molar-refractivity contribution >= 4 is 39.9 Å². The Hall–Kier alpha value is -3.95. The summed E-state index contributed by atoms with van der Waals surface area (Å²) in [6.07, 6.45) is 0.979. The van der Waals surface area contributed by atoms with Crippen molar-refractivity contribution in [1.29, 1.82) is 0 Å². The second kappa shape index (κ2) is 11.0. The summed E-state index contributed by atoms with van der Waals surface area (Å²) in [6.45, 7) is 7.81. The molecule has 3 aromatic rings. The summed E-state index contributed by atoms with van der Waals surface area (Å²) in [7, 11) is 0. The molecular formula is C34H39N3O6. The second-order valence-corrected chi connectivity index (χ2v) is 12.5. The van der Waals surface area contributed by atoms with Gasteiger partial charge >= 0.3 is 0 Å². The van der Waals surface area contributed by atoms with E-state index in [0.29, 0.717) is 36.6 Å². The maximum atomic E-state index is 14.4. The highest BCUT2D eigenvalue weighted by Gasteiger charge is 2.78. The molecular weight excluding hydrogens is 546 g/mol. The van der Waals surface area contributed by atoms with Gasteiger partial charge in [0.25, 0.3) is 0 Å². The lowest BCUT2D eigenvalue weighted by atomic mass is 9.66. The zero-order chi connectivity index (χ0) is 30.5. The fourth-order valence-corrected chi connectivity index (χ4v) is 7.54. The molecule has 1 spiro atoms. The molecule has 3 N–H and O–H groups in total. The largest absolute Gasteiger partial charge is 0.494 e. The van der Waals surface area contributed by atoms with Crippen LogP contribution in [0.1, 0.15) is 40.5 Å². The maximum absolute atomic E-state index is 14.4. The van der Waals surface area contributed by atoms with Crippen molar-refractivity contribution in [2.45, 2.75) is 63.8 Å². The van der Waals surface area contributed by atoms with E-state index in [0.717, 1.165) is 10.8 Å². The van der Waals surface area contributed by atoms with Gasteiger partial charge in [-0.1, -0.05) is 44.2 Å². The highest BCUT2D eigenvalue weighted by atomic mass is 16.5. The fraction of sp³-hybridized carbons (Fsp3) is 0.441. The molecule has 0 radical (unpaired) electrons. The van der Waals surface area contributed by atoms with Crippen LogP contribution >= 0.6 is 0 Å². The Balaban J connectivity index is 1.35. The maximum Gasteiger partial charge on any atom is 0.250 e. The molecule has 43 heavy (non-hydrogen) atoms. The molecule has 2 bridgehead atoms. The molecule has 226 valence electrons. The van der Waals surface area contributed by atoms with E-state index in [-0.39, 0.29) is 30.2 Å². The Kier molecular flexibility index (Phi) is 7.42. The Morgan fingerprint density at radius 2 is 1.67 bits per heavy atom. The van der Waals surface area contributed by atoms with Gasteiger partial charge in [-0.25, -0.2) is 0 Å². The van der Waals surface area contributed by atoms with Gasteiger partial charge in [0.2, 0.25) is 17.7 Å². The number of aliphatic hydroxyl groups excluding tert-OH is 1. The van der Waals surface area contributed by atoms with Crippen molar-refractivity contribution in [3.05, 3.63) is 66.7 Å². The predicted molar refractivity (Wildman–Crippen MR) is 164 cm³/mol. The number of carbonyl (C=O) groups is 3. The van der Waals surface area contributed by atoms with Crippen molar-refractivity contribution in [3.63, 3.8) is 0 Å². The topological polar surface area (TPSA) is 117 Å². The van der Waals surface area contributed by atoms with Crippen molar-refractivity contribution in [2.24, 2.45) is 17.8 Å². The average molecular weight is 586 g/mol. The van der Waals surface area contributed by atoms with Crippen LogP contribution in [-0.4, -0.2) is 64.2 Å². The smallest absolute Gasteiger partial charge is 0.250 e. The summed E-state index contributed by atoms with van der Waals surface area (Å²) >= 11 is 0. The first-order chi connectivity index (χ1) is 20.6. The van der Waals surface area contributed by atoms with Crippen LogP contribution in [-0.2, 0) is 19.1 Å². The van der Waals surface area contributed by atoms with Crippen LogP contribution in [0.5, 0.6) is 5.75 Å². The van der Waals surface area contributed by atoms with Crippen LogP contribution in [0.25, 0.3) is 10.8 Å². The number of aliphatic hydroxyl groups is 1. The number of nitrogens with zero attached hydrogens (tertiary/aromatic N) is 1. The van der Waals surface area contributed by atoms with E-state index in [1.165, 1.54) is 4.90 Å². The summed E-state index contributed by atoms with van der Waals surface area (Å²) in [5.41, 5.74) is -0.937. The van der Waals surface area contributed by atoms with Crippen LogP contribution in [0.3, 0.4) is 0 Å². The zero-order valence-electron chi connectivity index (χ0n) is 25.0. The number of ether oxygens (including phenoxy) is 2. The van der Waals surface area contributed by atoms with Gasteiger partial charge in [0.1, 0.15) is 17.4 Å². The molecule has 3 fully saturated rings. The number of benzene rings is 3. The summed E-state index contributed by atoms with van der Waals surface area (Å²) in [6, 6.07) is 19.0. The van der Waals surface area contributed by atoms with Gasteiger partial charge in [-0.05, 0) is 79.8 Å². The molecule has 6 atom stereocenters. The van der Waals surface area contributed by atoms with E-state index in [4.69, 9.17) is 9.47 Å². The highest BCUT2D eigenvalue weighted by molar-refractivity contribution is 6.06.